The number of halogens is 2. The molecule has 128 valence electrons. The molecule has 1 aromatic rings. The first-order chi connectivity index (χ1) is 10.6. The van der Waals surface area contributed by atoms with Crippen molar-refractivity contribution in [2.45, 2.75) is 39.0 Å². The van der Waals surface area contributed by atoms with Crippen molar-refractivity contribution in [2.24, 2.45) is 0 Å². The van der Waals surface area contributed by atoms with Crippen LogP contribution in [0.5, 0.6) is 5.75 Å². The van der Waals surface area contributed by atoms with Gasteiger partial charge < -0.3 is 19.9 Å². The minimum absolute atomic E-state index is 0.00478. The summed E-state index contributed by atoms with van der Waals surface area (Å²) in [4.78, 5) is 23.2. The zero-order chi connectivity index (χ0) is 17.6. The van der Waals surface area contributed by atoms with Crippen LogP contribution in [-0.2, 0) is 9.53 Å². The Morgan fingerprint density at radius 3 is 2.48 bits per heavy atom. The van der Waals surface area contributed by atoms with Crippen molar-refractivity contribution in [1.82, 2.24) is 5.32 Å². The Hall–Kier alpha value is -2.22. The van der Waals surface area contributed by atoms with Crippen LogP contribution in [0.3, 0.4) is 0 Å². The number of amides is 1. The van der Waals surface area contributed by atoms with E-state index in [0.717, 1.165) is 6.07 Å². The second-order valence-corrected chi connectivity index (χ2v) is 5.69. The van der Waals surface area contributed by atoms with Gasteiger partial charge in [0.2, 0.25) is 0 Å². The molecule has 1 aromatic carbocycles. The average molecular weight is 331 g/mol. The zero-order valence-electron chi connectivity index (χ0n) is 13.0. The summed E-state index contributed by atoms with van der Waals surface area (Å²) in [7, 11) is 0. The number of carbonyl (C=O) groups excluding carboxylic acids is 1. The van der Waals surface area contributed by atoms with Crippen LogP contribution in [0.2, 0.25) is 0 Å². The minimum Gasteiger partial charge on any atom is -0.480 e. The first-order valence-corrected chi connectivity index (χ1v) is 6.81. The molecule has 0 unspecified atom stereocenters. The number of rotatable bonds is 7. The number of nitrogens with one attached hydrogen (secondary N) is 1. The number of benzene rings is 1. The molecule has 0 bridgehead atoms. The van der Waals surface area contributed by atoms with Gasteiger partial charge in [0.1, 0.15) is 5.75 Å². The number of hydrogen-bond acceptors (Lipinski definition) is 4. The predicted molar refractivity (Wildman–Crippen MR) is 77.7 cm³/mol. The maximum Gasteiger partial charge on any atom is 0.387 e. The van der Waals surface area contributed by atoms with Crippen molar-refractivity contribution < 1.29 is 33.0 Å². The standard InChI is InChI=1S/C15H19F2NO5/c1-15(2,3)22-8-11(13(20)21)18-12(19)9-5-4-6-10(7-9)23-14(16)17/h4-7,11,14H,8H2,1-3H3,(H,18,19)(H,20,21)/t11-/m0/s1. The van der Waals surface area contributed by atoms with Crippen molar-refractivity contribution in [3.63, 3.8) is 0 Å². The first kappa shape index (κ1) is 18.8. The lowest BCUT2D eigenvalue weighted by atomic mass is 10.1. The van der Waals surface area contributed by atoms with E-state index in [1.54, 1.807) is 20.8 Å². The Morgan fingerprint density at radius 1 is 1.30 bits per heavy atom. The van der Waals surface area contributed by atoms with Crippen molar-refractivity contribution in [2.75, 3.05) is 6.61 Å². The summed E-state index contributed by atoms with van der Waals surface area (Å²) in [6.07, 6.45) is 0. The fourth-order valence-electron chi connectivity index (χ4n) is 1.56. The van der Waals surface area contributed by atoms with E-state index in [4.69, 9.17) is 9.84 Å². The SMILES string of the molecule is CC(C)(C)OC[C@H](NC(=O)c1cccc(OC(F)F)c1)C(=O)O. The molecule has 2 N–H and O–H groups in total. The van der Waals surface area contributed by atoms with Gasteiger partial charge in [-0.2, -0.15) is 8.78 Å². The molecule has 6 nitrogen and oxygen atoms in total. The topological polar surface area (TPSA) is 84.9 Å². The Labute approximate surface area is 132 Å². The third kappa shape index (κ3) is 7.05. The van der Waals surface area contributed by atoms with Crippen LogP contribution in [0.15, 0.2) is 24.3 Å². The third-order valence-electron chi connectivity index (χ3n) is 2.61. The molecule has 0 fully saturated rings. The van der Waals surface area contributed by atoms with Crippen LogP contribution >= 0.6 is 0 Å². The molecule has 1 amide bonds. The summed E-state index contributed by atoms with van der Waals surface area (Å²) in [5.74, 6) is -2.18. The fourth-order valence-corrected chi connectivity index (χ4v) is 1.56. The van der Waals surface area contributed by atoms with Gasteiger partial charge in [-0.25, -0.2) is 4.79 Å². The van der Waals surface area contributed by atoms with Crippen LogP contribution in [0, 0.1) is 0 Å². The van der Waals surface area contributed by atoms with Crippen LogP contribution in [0.4, 0.5) is 8.78 Å². The molecule has 0 radical (unpaired) electrons. The van der Waals surface area contributed by atoms with Gasteiger partial charge >= 0.3 is 12.6 Å². The highest BCUT2D eigenvalue weighted by Gasteiger charge is 2.24. The third-order valence-corrected chi connectivity index (χ3v) is 2.61. The maximum absolute atomic E-state index is 12.2. The van der Waals surface area contributed by atoms with Gasteiger partial charge in [-0.1, -0.05) is 6.07 Å². The Balaban J connectivity index is 2.77. The molecule has 0 aromatic heterocycles. The number of carbonyl (C=O) groups is 2. The lowest BCUT2D eigenvalue weighted by molar-refractivity contribution is -0.142. The van der Waals surface area contributed by atoms with Crippen LogP contribution in [0.25, 0.3) is 0 Å². The second kappa shape index (κ2) is 7.87. The average Bonchev–Trinajstić information content (AvgIpc) is 2.41. The Morgan fingerprint density at radius 2 is 1.96 bits per heavy atom. The van der Waals surface area contributed by atoms with Crippen molar-refractivity contribution in [3.8, 4) is 5.75 Å². The number of alkyl halides is 2. The summed E-state index contributed by atoms with van der Waals surface area (Å²) < 4.78 is 33.9. The highest BCUT2D eigenvalue weighted by atomic mass is 19.3. The minimum atomic E-state index is -3.01. The van der Waals surface area contributed by atoms with Gasteiger partial charge in [0.05, 0.1) is 12.2 Å². The molecule has 0 saturated carbocycles. The molecule has 1 atom stereocenters. The highest BCUT2D eigenvalue weighted by molar-refractivity contribution is 5.96. The van der Waals surface area contributed by atoms with Gasteiger partial charge in [0.25, 0.3) is 5.91 Å². The Bertz CT molecular complexity index is 557. The summed E-state index contributed by atoms with van der Waals surface area (Å²) in [6, 6.07) is 3.82. The van der Waals surface area contributed by atoms with E-state index in [9.17, 15) is 18.4 Å². The van der Waals surface area contributed by atoms with Gasteiger partial charge in [-0.15, -0.1) is 0 Å². The molecule has 0 spiro atoms. The van der Waals surface area contributed by atoms with E-state index in [0.29, 0.717) is 0 Å². The zero-order valence-corrected chi connectivity index (χ0v) is 13.0. The summed E-state index contributed by atoms with van der Waals surface area (Å²) >= 11 is 0. The molecule has 23 heavy (non-hydrogen) atoms. The smallest absolute Gasteiger partial charge is 0.387 e. The number of ether oxygens (including phenoxy) is 2. The van der Waals surface area contributed by atoms with Crippen LogP contribution < -0.4 is 10.1 Å². The molecule has 0 aliphatic heterocycles. The quantitative estimate of drug-likeness (QED) is 0.801. The molecule has 8 heteroatoms. The lowest BCUT2D eigenvalue weighted by Gasteiger charge is -2.23. The molecule has 0 saturated heterocycles. The molecule has 0 aliphatic carbocycles. The maximum atomic E-state index is 12.2. The van der Waals surface area contributed by atoms with Crippen molar-refractivity contribution >= 4 is 11.9 Å². The van der Waals surface area contributed by atoms with Crippen LogP contribution in [-0.4, -0.2) is 41.8 Å². The van der Waals surface area contributed by atoms with Crippen LogP contribution in [0.1, 0.15) is 31.1 Å². The highest BCUT2D eigenvalue weighted by Crippen LogP contribution is 2.16. The molecular weight excluding hydrogens is 312 g/mol. The number of carboxylic acid groups (broad SMARTS) is 1. The van der Waals surface area contributed by atoms with E-state index < -0.39 is 30.1 Å². The molecular formula is C15H19F2NO5. The summed E-state index contributed by atoms with van der Waals surface area (Å²) in [6.45, 7) is 2.01. The number of hydrogen-bond donors (Lipinski definition) is 2. The van der Waals surface area contributed by atoms with Gasteiger partial charge in [-0.05, 0) is 39.0 Å². The molecule has 0 aliphatic rings. The molecule has 0 heterocycles. The fraction of sp³-hybridized carbons (Fsp3) is 0.467. The Kier molecular flexibility index (Phi) is 6.44. The summed E-state index contributed by atoms with van der Waals surface area (Å²) in [5, 5.41) is 11.4. The van der Waals surface area contributed by atoms with Crippen molar-refractivity contribution in [3.05, 3.63) is 29.8 Å². The van der Waals surface area contributed by atoms with Gasteiger partial charge in [-0.3, -0.25) is 4.79 Å². The summed E-state index contributed by atoms with van der Waals surface area (Å²) in [5.41, 5.74) is -0.561. The number of carboxylic acids is 1. The van der Waals surface area contributed by atoms with Gasteiger partial charge in [0, 0.05) is 5.56 Å². The largest absolute Gasteiger partial charge is 0.480 e. The lowest BCUT2D eigenvalue weighted by Crippen LogP contribution is -2.45. The monoisotopic (exact) mass is 331 g/mol. The van der Waals surface area contributed by atoms with E-state index in [-0.39, 0.29) is 17.9 Å². The van der Waals surface area contributed by atoms with E-state index in [1.807, 2.05) is 0 Å². The second-order valence-electron chi connectivity index (χ2n) is 5.69. The number of aliphatic carboxylic acids is 1. The van der Waals surface area contributed by atoms with Gasteiger partial charge in [0.15, 0.2) is 6.04 Å². The normalized spacial score (nSPS) is 12.8. The van der Waals surface area contributed by atoms with E-state index in [2.05, 4.69) is 10.1 Å². The van der Waals surface area contributed by atoms with Crippen molar-refractivity contribution in [1.29, 1.82) is 0 Å². The molecule has 1 rings (SSSR count). The first-order valence-electron chi connectivity index (χ1n) is 6.81. The van der Waals surface area contributed by atoms with E-state index >= 15 is 0 Å². The van der Waals surface area contributed by atoms with E-state index in [1.165, 1.54) is 18.2 Å². The predicted octanol–water partition coefficient (Wildman–Crippen LogP) is 2.29.